The van der Waals surface area contributed by atoms with E-state index in [-0.39, 0.29) is 5.69 Å². The molecule has 2 rings (SSSR count). The summed E-state index contributed by atoms with van der Waals surface area (Å²) < 4.78 is 54.1. The lowest BCUT2D eigenvalue weighted by molar-refractivity contribution is 0.521. The molecule has 0 spiro atoms. The molecule has 2 aromatic carbocycles. The highest BCUT2D eigenvalue weighted by atomic mass is 32.2. The zero-order chi connectivity index (χ0) is 16.2. The number of rotatable bonds is 6. The van der Waals surface area contributed by atoms with Crippen molar-refractivity contribution in [2.45, 2.75) is 9.79 Å². The molecule has 22 heavy (non-hydrogen) atoms. The van der Waals surface area contributed by atoms with Gasteiger partial charge in [-0.3, -0.25) is 4.72 Å². The summed E-state index contributed by atoms with van der Waals surface area (Å²) in [6, 6.07) is 9.52. The maximum Gasteiger partial charge on any atom is 0.267 e. The predicted molar refractivity (Wildman–Crippen MR) is 84.5 cm³/mol. The van der Waals surface area contributed by atoms with Gasteiger partial charge in [0, 0.05) is 10.6 Å². The molecule has 0 atom stereocenters. The van der Waals surface area contributed by atoms with Crippen LogP contribution in [0, 0.1) is 11.6 Å². The van der Waals surface area contributed by atoms with Crippen molar-refractivity contribution >= 4 is 27.5 Å². The van der Waals surface area contributed by atoms with Gasteiger partial charge < -0.3 is 0 Å². The van der Waals surface area contributed by atoms with E-state index in [4.69, 9.17) is 0 Å². The molecule has 0 saturated carbocycles. The Labute approximate surface area is 132 Å². The Bertz CT molecular complexity index is 772. The summed E-state index contributed by atoms with van der Waals surface area (Å²) in [7, 11) is -4.36. The molecule has 0 unspecified atom stereocenters. The van der Waals surface area contributed by atoms with Crippen molar-refractivity contribution in [3.05, 3.63) is 66.8 Å². The van der Waals surface area contributed by atoms with E-state index in [0.717, 1.165) is 18.2 Å². The minimum Gasteiger partial charge on any atom is -0.278 e. The second-order valence-electron chi connectivity index (χ2n) is 4.25. The first kappa shape index (κ1) is 16.5. The van der Waals surface area contributed by atoms with Crippen LogP contribution in [0.2, 0.25) is 0 Å². The van der Waals surface area contributed by atoms with E-state index >= 15 is 0 Å². The number of hydrogen-bond acceptors (Lipinski definition) is 3. The number of thioether (sulfide) groups is 1. The number of anilines is 1. The minimum atomic E-state index is -4.36. The zero-order valence-electron chi connectivity index (χ0n) is 11.4. The van der Waals surface area contributed by atoms with Gasteiger partial charge in [-0.1, -0.05) is 24.3 Å². The topological polar surface area (TPSA) is 46.2 Å². The summed E-state index contributed by atoms with van der Waals surface area (Å²) in [6.45, 7) is 3.59. The Kier molecular flexibility index (Phi) is 5.20. The second-order valence-corrected chi connectivity index (χ2v) is 6.93. The average Bonchev–Trinajstić information content (AvgIpc) is 2.45. The predicted octanol–water partition coefficient (Wildman–Crippen LogP) is 4.04. The van der Waals surface area contributed by atoms with Gasteiger partial charge in [0.15, 0.2) is 4.90 Å². The Morgan fingerprint density at radius 2 is 1.73 bits per heavy atom. The molecule has 0 heterocycles. The summed E-state index contributed by atoms with van der Waals surface area (Å²) in [5.41, 5.74) is 0.261. The molecule has 0 radical (unpaired) electrons. The van der Waals surface area contributed by atoms with Crippen LogP contribution in [0.5, 0.6) is 0 Å². The lowest BCUT2D eigenvalue weighted by atomic mass is 10.3. The molecule has 0 amide bonds. The smallest absolute Gasteiger partial charge is 0.267 e. The second kappa shape index (κ2) is 6.93. The molecule has 0 bridgehead atoms. The third kappa shape index (κ3) is 3.66. The van der Waals surface area contributed by atoms with Gasteiger partial charge in [-0.05, 0) is 24.3 Å². The molecular formula is C15H13F2NO2S2. The fraction of sp³-hybridized carbons (Fsp3) is 0.0667. The summed E-state index contributed by atoms with van der Waals surface area (Å²) in [4.78, 5) is -0.346. The van der Waals surface area contributed by atoms with E-state index in [0.29, 0.717) is 10.6 Å². The van der Waals surface area contributed by atoms with Crippen molar-refractivity contribution in [3.8, 4) is 0 Å². The van der Waals surface area contributed by atoms with Crippen LogP contribution in [-0.2, 0) is 10.0 Å². The monoisotopic (exact) mass is 341 g/mol. The highest BCUT2D eigenvalue weighted by Crippen LogP contribution is 2.30. The summed E-state index contributed by atoms with van der Waals surface area (Å²) in [5, 5.41) is 0. The van der Waals surface area contributed by atoms with Crippen molar-refractivity contribution in [1.29, 1.82) is 0 Å². The van der Waals surface area contributed by atoms with Crippen LogP contribution in [0.25, 0.3) is 0 Å². The Morgan fingerprint density at radius 1 is 1.09 bits per heavy atom. The summed E-state index contributed by atoms with van der Waals surface area (Å²) >= 11 is 1.36. The van der Waals surface area contributed by atoms with E-state index in [1.807, 2.05) is 0 Å². The maximum atomic E-state index is 13.7. The van der Waals surface area contributed by atoms with Crippen molar-refractivity contribution in [2.24, 2.45) is 0 Å². The van der Waals surface area contributed by atoms with E-state index in [2.05, 4.69) is 11.3 Å². The fourth-order valence-corrected chi connectivity index (χ4v) is 3.79. The zero-order valence-corrected chi connectivity index (χ0v) is 13.1. The molecule has 2 aromatic rings. The molecule has 0 fully saturated rings. The standard InChI is InChI=1S/C15H13F2NO2S2/c1-2-10-21-14-9-4-3-8-13(14)18-22(19,20)15-11(16)6-5-7-12(15)17/h2-9,18H,1,10H2. The first-order valence-electron chi connectivity index (χ1n) is 6.25. The molecule has 116 valence electrons. The number of sulfonamides is 1. The Morgan fingerprint density at radius 3 is 2.36 bits per heavy atom. The maximum absolute atomic E-state index is 13.7. The minimum absolute atomic E-state index is 0.261. The highest BCUT2D eigenvalue weighted by Gasteiger charge is 2.24. The first-order valence-corrected chi connectivity index (χ1v) is 8.72. The molecule has 1 N–H and O–H groups in total. The van der Waals surface area contributed by atoms with Gasteiger partial charge in [0.05, 0.1) is 5.69 Å². The van der Waals surface area contributed by atoms with Crippen LogP contribution in [0.15, 0.2) is 64.9 Å². The van der Waals surface area contributed by atoms with Crippen LogP contribution in [0.1, 0.15) is 0 Å². The van der Waals surface area contributed by atoms with Gasteiger partial charge in [-0.2, -0.15) is 0 Å². The molecule has 3 nitrogen and oxygen atoms in total. The van der Waals surface area contributed by atoms with Gasteiger partial charge in [0.2, 0.25) is 0 Å². The largest absolute Gasteiger partial charge is 0.278 e. The Hall–Kier alpha value is -1.86. The van der Waals surface area contributed by atoms with E-state index < -0.39 is 26.6 Å². The van der Waals surface area contributed by atoms with Crippen molar-refractivity contribution in [1.82, 2.24) is 0 Å². The van der Waals surface area contributed by atoms with Crippen LogP contribution < -0.4 is 4.72 Å². The van der Waals surface area contributed by atoms with Gasteiger partial charge in [-0.25, -0.2) is 17.2 Å². The third-order valence-corrected chi connectivity index (χ3v) is 5.16. The molecular weight excluding hydrogens is 328 g/mol. The van der Waals surface area contributed by atoms with E-state index in [1.165, 1.54) is 17.8 Å². The van der Waals surface area contributed by atoms with Gasteiger partial charge in [0.1, 0.15) is 11.6 Å². The van der Waals surface area contributed by atoms with Crippen LogP contribution in [0.3, 0.4) is 0 Å². The molecule has 7 heteroatoms. The number of hydrogen-bond donors (Lipinski definition) is 1. The lowest BCUT2D eigenvalue weighted by Gasteiger charge is -2.12. The molecule has 0 aliphatic carbocycles. The average molecular weight is 341 g/mol. The quantitative estimate of drug-likeness (QED) is 0.637. The van der Waals surface area contributed by atoms with Crippen molar-refractivity contribution in [3.63, 3.8) is 0 Å². The lowest BCUT2D eigenvalue weighted by Crippen LogP contribution is -2.16. The number of halogens is 2. The fourth-order valence-electron chi connectivity index (χ4n) is 1.76. The molecule has 0 aliphatic heterocycles. The number of nitrogens with one attached hydrogen (secondary N) is 1. The van der Waals surface area contributed by atoms with Crippen LogP contribution in [0.4, 0.5) is 14.5 Å². The highest BCUT2D eigenvalue weighted by molar-refractivity contribution is 7.99. The normalized spacial score (nSPS) is 11.2. The summed E-state index contributed by atoms with van der Waals surface area (Å²) in [5.74, 6) is -1.69. The van der Waals surface area contributed by atoms with Crippen LogP contribution in [-0.4, -0.2) is 14.2 Å². The van der Waals surface area contributed by atoms with Gasteiger partial charge >= 0.3 is 0 Å². The Balaban J connectivity index is 2.40. The van der Waals surface area contributed by atoms with Crippen LogP contribution >= 0.6 is 11.8 Å². The van der Waals surface area contributed by atoms with E-state index in [1.54, 1.807) is 24.3 Å². The third-order valence-electron chi connectivity index (χ3n) is 2.68. The SMILES string of the molecule is C=CCSc1ccccc1NS(=O)(=O)c1c(F)cccc1F. The number of para-hydroxylation sites is 1. The van der Waals surface area contributed by atoms with E-state index in [9.17, 15) is 17.2 Å². The molecule has 0 aromatic heterocycles. The first-order chi connectivity index (χ1) is 10.5. The van der Waals surface area contributed by atoms with Crippen molar-refractivity contribution < 1.29 is 17.2 Å². The van der Waals surface area contributed by atoms with Gasteiger partial charge in [0.25, 0.3) is 10.0 Å². The number of benzene rings is 2. The van der Waals surface area contributed by atoms with Crippen molar-refractivity contribution in [2.75, 3.05) is 10.5 Å². The molecule has 0 saturated heterocycles. The van der Waals surface area contributed by atoms with Gasteiger partial charge in [-0.15, -0.1) is 18.3 Å². The summed E-state index contributed by atoms with van der Waals surface area (Å²) in [6.07, 6.45) is 1.67. The molecule has 0 aliphatic rings.